The maximum absolute atomic E-state index is 12.3. The van der Waals surface area contributed by atoms with Crippen LogP contribution in [0.15, 0.2) is 47.4 Å². The van der Waals surface area contributed by atoms with Crippen LogP contribution in [0.25, 0.3) is 6.08 Å². The van der Waals surface area contributed by atoms with Gasteiger partial charge in [0, 0.05) is 18.7 Å². The number of hydrogen-bond acceptors (Lipinski definition) is 6. The van der Waals surface area contributed by atoms with Gasteiger partial charge in [-0.05, 0) is 36.3 Å². The average molecular weight is 435 g/mol. The molecule has 2 aromatic carbocycles. The van der Waals surface area contributed by atoms with Crippen LogP contribution in [-0.4, -0.2) is 26.6 Å². The summed E-state index contributed by atoms with van der Waals surface area (Å²) in [4.78, 5) is 24.8. The number of amides is 1. The van der Waals surface area contributed by atoms with Crippen LogP contribution in [0.4, 0.5) is 5.69 Å². The Balaban J connectivity index is 1.72. The molecule has 6 nitrogen and oxygen atoms in total. The molecular formula is C19H15ClN2O4S2. The first-order valence-electron chi connectivity index (χ1n) is 8.30. The Labute approximate surface area is 176 Å². The lowest BCUT2D eigenvalue weighted by Crippen LogP contribution is -2.27. The molecule has 2 aromatic rings. The summed E-state index contributed by atoms with van der Waals surface area (Å²) in [5.74, 6) is 0.339. The Morgan fingerprint density at radius 3 is 2.75 bits per heavy atom. The van der Waals surface area contributed by atoms with Crippen molar-refractivity contribution in [1.82, 2.24) is 4.90 Å². The number of thiocarbonyl (C=S) groups is 1. The quantitative estimate of drug-likeness (QED) is 0.274. The largest absolute Gasteiger partial charge is 0.487 e. The highest BCUT2D eigenvalue weighted by Crippen LogP contribution is 2.34. The van der Waals surface area contributed by atoms with Crippen molar-refractivity contribution in [2.75, 3.05) is 6.54 Å². The fraction of sp³-hybridized carbons (Fsp3) is 0.158. The lowest BCUT2D eigenvalue weighted by atomic mass is 10.2. The van der Waals surface area contributed by atoms with Gasteiger partial charge in [-0.15, -0.1) is 0 Å². The molecule has 0 unspecified atom stereocenters. The predicted molar refractivity (Wildman–Crippen MR) is 114 cm³/mol. The molecule has 9 heteroatoms. The van der Waals surface area contributed by atoms with Crippen LogP contribution in [0, 0.1) is 10.1 Å². The van der Waals surface area contributed by atoms with Crippen molar-refractivity contribution in [2.45, 2.75) is 13.5 Å². The summed E-state index contributed by atoms with van der Waals surface area (Å²) >= 11 is 12.8. The van der Waals surface area contributed by atoms with Gasteiger partial charge in [-0.25, -0.2) is 0 Å². The van der Waals surface area contributed by atoms with Gasteiger partial charge in [0.05, 0.1) is 14.9 Å². The normalized spacial score (nSPS) is 15.4. The van der Waals surface area contributed by atoms with Crippen molar-refractivity contribution in [2.24, 2.45) is 0 Å². The maximum atomic E-state index is 12.3. The van der Waals surface area contributed by atoms with Gasteiger partial charge in [0.15, 0.2) is 0 Å². The molecule has 1 aliphatic heterocycles. The number of nitro groups is 1. The second-order valence-corrected chi connectivity index (χ2v) is 7.91. The number of thioether (sulfide) groups is 1. The number of nitrogens with zero attached hydrogens (tertiary/aromatic N) is 2. The van der Waals surface area contributed by atoms with Gasteiger partial charge in [0.1, 0.15) is 16.7 Å². The molecule has 144 valence electrons. The van der Waals surface area contributed by atoms with E-state index < -0.39 is 4.92 Å². The second kappa shape index (κ2) is 8.72. The topological polar surface area (TPSA) is 72.7 Å². The second-order valence-electron chi connectivity index (χ2n) is 5.83. The number of non-ortho nitro benzene ring substituents is 1. The molecular weight excluding hydrogens is 420 g/mol. The fourth-order valence-corrected chi connectivity index (χ4v) is 4.20. The summed E-state index contributed by atoms with van der Waals surface area (Å²) in [6.45, 7) is 2.56. The monoisotopic (exact) mass is 434 g/mol. The molecule has 0 spiro atoms. The number of carbonyl (C=O) groups excluding carboxylic acids is 1. The van der Waals surface area contributed by atoms with Crippen LogP contribution in [0.3, 0.4) is 0 Å². The molecule has 1 saturated heterocycles. The Morgan fingerprint density at radius 2 is 2.11 bits per heavy atom. The van der Waals surface area contributed by atoms with Crippen molar-refractivity contribution in [1.29, 1.82) is 0 Å². The molecule has 0 aromatic heterocycles. The van der Waals surface area contributed by atoms with E-state index in [1.54, 1.807) is 41.3 Å². The Hall–Kier alpha value is -2.42. The van der Waals surface area contributed by atoms with Gasteiger partial charge in [-0.3, -0.25) is 19.8 Å². The third-order valence-corrected chi connectivity index (χ3v) is 5.63. The Bertz CT molecular complexity index is 994. The fourth-order valence-electron chi connectivity index (χ4n) is 2.57. The molecule has 0 saturated carbocycles. The van der Waals surface area contributed by atoms with E-state index in [1.165, 1.54) is 23.9 Å². The minimum atomic E-state index is -0.452. The first-order valence-corrected chi connectivity index (χ1v) is 9.90. The highest BCUT2D eigenvalue weighted by atomic mass is 35.5. The van der Waals surface area contributed by atoms with Crippen LogP contribution < -0.4 is 4.74 Å². The van der Waals surface area contributed by atoms with E-state index in [9.17, 15) is 14.9 Å². The lowest BCUT2D eigenvalue weighted by Gasteiger charge is -2.10. The molecule has 0 atom stereocenters. The Morgan fingerprint density at radius 1 is 1.32 bits per heavy atom. The average Bonchev–Trinajstić information content (AvgIpc) is 2.94. The van der Waals surface area contributed by atoms with E-state index in [0.29, 0.717) is 32.1 Å². The van der Waals surface area contributed by atoms with E-state index in [2.05, 4.69) is 0 Å². The summed E-state index contributed by atoms with van der Waals surface area (Å²) in [6, 6.07) is 11.4. The van der Waals surface area contributed by atoms with E-state index >= 15 is 0 Å². The summed E-state index contributed by atoms with van der Waals surface area (Å²) < 4.78 is 6.22. The molecule has 1 amide bonds. The molecule has 0 N–H and O–H groups in total. The maximum Gasteiger partial charge on any atom is 0.269 e. The zero-order valence-corrected chi connectivity index (χ0v) is 17.1. The minimum Gasteiger partial charge on any atom is -0.487 e. The van der Waals surface area contributed by atoms with Crippen LogP contribution in [0.1, 0.15) is 18.1 Å². The van der Waals surface area contributed by atoms with Crippen molar-refractivity contribution in [3.8, 4) is 5.75 Å². The molecule has 0 bridgehead atoms. The van der Waals surface area contributed by atoms with Crippen LogP contribution in [-0.2, 0) is 11.4 Å². The zero-order chi connectivity index (χ0) is 20.3. The highest BCUT2D eigenvalue weighted by Gasteiger charge is 2.30. The number of benzene rings is 2. The number of carbonyl (C=O) groups is 1. The van der Waals surface area contributed by atoms with Crippen LogP contribution in [0.5, 0.6) is 5.75 Å². The first-order chi connectivity index (χ1) is 13.4. The molecule has 1 heterocycles. The third-order valence-electron chi connectivity index (χ3n) is 3.96. The smallest absolute Gasteiger partial charge is 0.269 e. The van der Waals surface area contributed by atoms with Gasteiger partial charge in [0.25, 0.3) is 11.6 Å². The third kappa shape index (κ3) is 4.52. The molecule has 1 fully saturated rings. The van der Waals surface area contributed by atoms with Gasteiger partial charge in [-0.1, -0.05) is 53.8 Å². The van der Waals surface area contributed by atoms with Crippen molar-refractivity contribution in [3.05, 3.63) is 73.6 Å². The standard InChI is InChI=1S/C19H15ClN2O4S2/c1-2-21-18(23)17(28-19(21)27)10-12-6-7-16(15(20)9-12)26-11-13-4-3-5-14(8-13)22(24)25/h3-10H,2,11H2,1H3. The van der Waals surface area contributed by atoms with Gasteiger partial charge < -0.3 is 4.74 Å². The van der Waals surface area contributed by atoms with Gasteiger partial charge in [0.2, 0.25) is 0 Å². The van der Waals surface area contributed by atoms with Crippen molar-refractivity contribution < 1.29 is 14.5 Å². The van der Waals surface area contributed by atoms with Crippen LogP contribution >= 0.6 is 35.6 Å². The summed E-state index contributed by atoms with van der Waals surface area (Å²) in [7, 11) is 0. The lowest BCUT2D eigenvalue weighted by molar-refractivity contribution is -0.384. The van der Waals surface area contributed by atoms with E-state index in [1.807, 2.05) is 6.92 Å². The van der Waals surface area contributed by atoms with Crippen molar-refractivity contribution in [3.63, 3.8) is 0 Å². The molecule has 28 heavy (non-hydrogen) atoms. The number of likely N-dealkylation sites (N-methyl/N-ethyl adjacent to an activating group) is 1. The number of rotatable bonds is 6. The highest BCUT2D eigenvalue weighted by molar-refractivity contribution is 8.26. The zero-order valence-electron chi connectivity index (χ0n) is 14.8. The summed E-state index contributed by atoms with van der Waals surface area (Å²) in [5, 5.41) is 11.2. The molecule has 1 aliphatic rings. The van der Waals surface area contributed by atoms with Crippen LogP contribution in [0.2, 0.25) is 5.02 Å². The molecule has 0 radical (unpaired) electrons. The Kier molecular flexibility index (Phi) is 6.33. The van der Waals surface area contributed by atoms with Crippen molar-refractivity contribution >= 4 is 57.6 Å². The molecule has 0 aliphatic carbocycles. The van der Waals surface area contributed by atoms with Gasteiger partial charge >= 0.3 is 0 Å². The number of nitro benzene ring substituents is 1. The predicted octanol–water partition coefficient (Wildman–Crippen LogP) is 5.05. The number of halogens is 1. The summed E-state index contributed by atoms with van der Waals surface area (Å²) in [5.41, 5.74) is 1.42. The van der Waals surface area contributed by atoms with E-state index in [0.717, 1.165) is 5.56 Å². The van der Waals surface area contributed by atoms with E-state index in [4.69, 9.17) is 28.6 Å². The SMILES string of the molecule is CCN1C(=O)C(=Cc2ccc(OCc3cccc([N+](=O)[O-])c3)c(Cl)c2)SC1=S. The first kappa shape index (κ1) is 20.3. The minimum absolute atomic E-state index is 0.00642. The number of hydrogen-bond donors (Lipinski definition) is 0. The summed E-state index contributed by atoms with van der Waals surface area (Å²) in [6.07, 6.45) is 1.74. The van der Waals surface area contributed by atoms with Gasteiger partial charge in [-0.2, -0.15) is 0 Å². The molecule has 3 rings (SSSR count). The number of ether oxygens (including phenoxy) is 1. The van der Waals surface area contributed by atoms with E-state index in [-0.39, 0.29) is 18.2 Å².